The van der Waals surface area contributed by atoms with Crippen LogP contribution < -0.4 is 0 Å². The minimum Gasteiger partial charge on any atom is -0.462 e. The predicted molar refractivity (Wildman–Crippen MR) is 427 cm³/mol. The number of aliphatic hydroxyl groups is 1. The first-order valence-corrected chi connectivity index (χ1v) is 45.5. The van der Waals surface area contributed by atoms with E-state index in [4.69, 9.17) is 37.0 Å². The Labute approximate surface area is 635 Å². The van der Waals surface area contributed by atoms with E-state index in [1.165, 1.54) is 205 Å². The zero-order chi connectivity index (χ0) is 76.0. The van der Waals surface area contributed by atoms with Crippen LogP contribution in [0.2, 0.25) is 0 Å². The summed E-state index contributed by atoms with van der Waals surface area (Å²) < 4.78 is 68.7. The van der Waals surface area contributed by atoms with Crippen molar-refractivity contribution in [3.8, 4) is 0 Å². The van der Waals surface area contributed by atoms with Gasteiger partial charge in [-0.05, 0) is 89.9 Å². The molecule has 0 saturated carbocycles. The number of rotatable bonds is 81. The van der Waals surface area contributed by atoms with Gasteiger partial charge in [0.25, 0.3) is 0 Å². The Morgan fingerprint density at radius 2 is 0.481 bits per heavy atom. The van der Waals surface area contributed by atoms with Crippen molar-refractivity contribution in [1.29, 1.82) is 0 Å². The van der Waals surface area contributed by atoms with Crippen LogP contribution in [0.5, 0.6) is 0 Å². The largest absolute Gasteiger partial charge is 0.472 e. The van der Waals surface area contributed by atoms with Gasteiger partial charge in [-0.25, -0.2) is 9.13 Å². The Morgan fingerprint density at radius 1 is 0.269 bits per heavy atom. The first-order valence-electron chi connectivity index (χ1n) is 42.5. The van der Waals surface area contributed by atoms with Gasteiger partial charge in [0, 0.05) is 25.7 Å². The number of unbranched alkanes of at least 4 members (excludes halogenated alkanes) is 45. The normalized spacial score (nSPS) is 14.1. The second-order valence-corrected chi connectivity index (χ2v) is 31.7. The summed E-state index contributed by atoms with van der Waals surface area (Å²) in [5, 5.41) is 10.7. The minimum absolute atomic E-state index is 0.0901. The first kappa shape index (κ1) is 101. The van der Waals surface area contributed by atoms with Crippen molar-refractivity contribution < 1.29 is 80.2 Å². The van der Waals surface area contributed by atoms with E-state index in [0.29, 0.717) is 32.1 Å². The lowest BCUT2D eigenvalue weighted by Crippen LogP contribution is -2.30. The standard InChI is InChI=1S/C85H156O17P2/c1-5-9-13-17-21-25-29-33-37-39-43-46-50-54-58-62-66-70-83(88)96-76-81(102-85(90)72-68-64-60-56-52-48-44-40-38-34-30-26-22-18-14-10-6-2)78-100-104(93,94)98-74-79(86)73-97-103(91,92)99-77-80(101-84(89)71-67-63-59-55-51-47-42-36-32-28-24-20-16-12-8-4)75-95-82(87)69-65-61-57-53-49-45-41-35-31-27-23-19-15-11-7-3/h21,25,33,36-37,42-43,46,54,58,79-81,86H,5-20,22-24,26-32,34-35,38-41,44-45,47-53,55-57,59-78H2,1-4H3,(H,91,92)(H,93,94)/b25-21-,37-33-,42-36-,46-43-,58-54-/t79-,80+,81+/m0/s1. The molecule has 0 rings (SSSR count). The number of hydrogen-bond acceptors (Lipinski definition) is 15. The smallest absolute Gasteiger partial charge is 0.462 e. The molecule has 0 aromatic rings. The van der Waals surface area contributed by atoms with Crippen LogP contribution in [0.4, 0.5) is 0 Å². The van der Waals surface area contributed by atoms with Gasteiger partial charge < -0.3 is 33.8 Å². The van der Waals surface area contributed by atoms with E-state index in [0.717, 1.165) is 109 Å². The van der Waals surface area contributed by atoms with Gasteiger partial charge in [0.15, 0.2) is 12.2 Å². The molecule has 0 spiro atoms. The molecule has 0 fully saturated rings. The lowest BCUT2D eigenvalue weighted by molar-refractivity contribution is -0.161. The van der Waals surface area contributed by atoms with Gasteiger partial charge in [0.2, 0.25) is 0 Å². The highest BCUT2D eigenvalue weighted by Gasteiger charge is 2.30. The summed E-state index contributed by atoms with van der Waals surface area (Å²) in [4.78, 5) is 73.1. The summed E-state index contributed by atoms with van der Waals surface area (Å²) in [6, 6.07) is 0. The minimum atomic E-state index is -4.98. The van der Waals surface area contributed by atoms with Gasteiger partial charge in [0.05, 0.1) is 26.4 Å². The van der Waals surface area contributed by atoms with E-state index < -0.39 is 97.5 Å². The number of esters is 4. The van der Waals surface area contributed by atoms with E-state index in [9.17, 15) is 43.2 Å². The summed E-state index contributed by atoms with van der Waals surface area (Å²) in [5.41, 5.74) is 0. The Morgan fingerprint density at radius 3 is 0.788 bits per heavy atom. The Balaban J connectivity index is 5.37. The van der Waals surface area contributed by atoms with Crippen LogP contribution in [0.1, 0.15) is 400 Å². The highest BCUT2D eigenvalue weighted by atomic mass is 31.2. The number of allylic oxidation sites excluding steroid dienone is 10. The highest BCUT2D eigenvalue weighted by molar-refractivity contribution is 7.47. The lowest BCUT2D eigenvalue weighted by atomic mass is 10.0. The van der Waals surface area contributed by atoms with Crippen molar-refractivity contribution in [3.63, 3.8) is 0 Å². The third-order valence-corrected chi connectivity index (χ3v) is 20.4. The summed E-state index contributed by atoms with van der Waals surface area (Å²) in [6.07, 6.45) is 79.0. The predicted octanol–water partition coefficient (Wildman–Crippen LogP) is 25.0. The third kappa shape index (κ3) is 76.9. The van der Waals surface area contributed by atoms with Gasteiger partial charge in [-0.2, -0.15) is 0 Å². The van der Waals surface area contributed by atoms with Crippen LogP contribution in [0, 0.1) is 0 Å². The number of phosphoric ester groups is 2. The van der Waals surface area contributed by atoms with Crippen LogP contribution in [0.15, 0.2) is 60.8 Å². The molecule has 17 nitrogen and oxygen atoms in total. The molecule has 0 aliphatic carbocycles. The van der Waals surface area contributed by atoms with Crippen molar-refractivity contribution in [1.82, 2.24) is 0 Å². The van der Waals surface area contributed by atoms with E-state index >= 15 is 0 Å². The van der Waals surface area contributed by atoms with Crippen molar-refractivity contribution in [2.75, 3.05) is 39.6 Å². The fraction of sp³-hybridized carbons (Fsp3) is 0.835. The van der Waals surface area contributed by atoms with Crippen LogP contribution in [-0.4, -0.2) is 96.7 Å². The van der Waals surface area contributed by atoms with E-state index in [2.05, 4.69) is 76.3 Å². The Bertz CT molecular complexity index is 2200. The molecule has 608 valence electrons. The van der Waals surface area contributed by atoms with E-state index in [-0.39, 0.29) is 25.7 Å². The molecule has 0 radical (unpaired) electrons. The molecule has 0 amide bonds. The van der Waals surface area contributed by atoms with Crippen molar-refractivity contribution in [2.45, 2.75) is 418 Å². The molecular weight excluding hydrogens is 1350 g/mol. The van der Waals surface area contributed by atoms with E-state index in [1.807, 2.05) is 12.2 Å². The number of hydrogen-bond donors (Lipinski definition) is 3. The monoisotopic (exact) mass is 1510 g/mol. The fourth-order valence-electron chi connectivity index (χ4n) is 12.0. The second kappa shape index (κ2) is 77.9. The molecule has 0 aromatic carbocycles. The maximum atomic E-state index is 13.1. The van der Waals surface area contributed by atoms with Crippen LogP contribution >= 0.6 is 15.6 Å². The van der Waals surface area contributed by atoms with Crippen molar-refractivity contribution in [3.05, 3.63) is 60.8 Å². The van der Waals surface area contributed by atoms with E-state index in [1.54, 1.807) is 0 Å². The topological polar surface area (TPSA) is 237 Å². The summed E-state index contributed by atoms with van der Waals surface area (Å²) in [7, 11) is -9.96. The molecule has 0 aromatic heterocycles. The third-order valence-electron chi connectivity index (χ3n) is 18.5. The molecule has 104 heavy (non-hydrogen) atoms. The molecule has 0 heterocycles. The quantitative estimate of drug-likeness (QED) is 0.0169. The number of aliphatic hydroxyl groups excluding tert-OH is 1. The molecular formula is C85H156O17P2. The molecule has 5 atom stereocenters. The van der Waals surface area contributed by atoms with Gasteiger partial charge in [-0.15, -0.1) is 0 Å². The summed E-state index contributed by atoms with van der Waals surface area (Å²) in [5.74, 6) is -2.21. The molecule has 19 heteroatoms. The molecule has 3 N–H and O–H groups in total. The molecule has 0 aliphatic rings. The Kier molecular flexibility index (Phi) is 75.5. The number of carbonyl (C=O) groups excluding carboxylic acids is 4. The number of carbonyl (C=O) groups is 4. The van der Waals surface area contributed by atoms with Crippen molar-refractivity contribution >= 4 is 39.5 Å². The van der Waals surface area contributed by atoms with Gasteiger partial charge in [-0.1, -0.05) is 345 Å². The van der Waals surface area contributed by atoms with Gasteiger partial charge in [-0.3, -0.25) is 37.3 Å². The Hall–Kier alpha value is -3.24. The molecule has 0 bridgehead atoms. The molecule has 0 aliphatic heterocycles. The van der Waals surface area contributed by atoms with Gasteiger partial charge in [0.1, 0.15) is 19.3 Å². The summed E-state index contributed by atoms with van der Waals surface area (Å²) >= 11 is 0. The molecule has 0 saturated heterocycles. The average Bonchev–Trinajstić information content (AvgIpc) is 0.926. The second-order valence-electron chi connectivity index (χ2n) is 28.8. The zero-order valence-electron chi connectivity index (χ0n) is 66.7. The maximum absolute atomic E-state index is 13.1. The fourth-order valence-corrected chi connectivity index (χ4v) is 13.6. The number of phosphoric acid groups is 2. The maximum Gasteiger partial charge on any atom is 0.472 e. The molecule has 2 unspecified atom stereocenters. The highest BCUT2D eigenvalue weighted by Crippen LogP contribution is 2.45. The first-order chi connectivity index (χ1) is 50.7. The van der Waals surface area contributed by atoms with Crippen LogP contribution in [-0.2, 0) is 65.4 Å². The SMILES string of the molecule is CCCCC/C=C\C/C=C\C/C=C\C/C=C\CCCC(=O)OC[C@H](COP(=O)(O)OC[C@@H](O)COP(=O)(O)OC[C@@H](COC(=O)CCCCCCCCCCCCCCCCC)OC(=O)CCCCCCC/C=C\CCCCCCCC)OC(=O)CCCCCCCCCCCCCCCCCCC. The number of ether oxygens (including phenoxy) is 4. The van der Waals surface area contributed by atoms with Gasteiger partial charge >= 0.3 is 39.5 Å². The van der Waals surface area contributed by atoms with Crippen LogP contribution in [0.25, 0.3) is 0 Å². The summed E-state index contributed by atoms with van der Waals surface area (Å²) in [6.45, 7) is 4.88. The van der Waals surface area contributed by atoms with Crippen molar-refractivity contribution in [2.24, 2.45) is 0 Å². The van der Waals surface area contributed by atoms with Crippen LogP contribution in [0.3, 0.4) is 0 Å². The zero-order valence-corrected chi connectivity index (χ0v) is 68.5. The average molecular weight is 1510 g/mol. The lowest BCUT2D eigenvalue weighted by Gasteiger charge is -2.21.